The van der Waals surface area contributed by atoms with Crippen LogP contribution >= 0.6 is 0 Å². The lowest BCUT2D eigenvalue weighted by atomic mass is 10.2. The van der Waals surface area contributed by atoms with Crippen LogP contribution in [0.4, 0.5) is 0 Å². The molecular formula is C11H21NO. The average molecular weight is 183 g/mol. The molecule has 0 saturated carbocycles. The van der Waals surface area contributed by atoms with Crippen molar-refractivity contribution in [2.45, 2.75) is 39.5 Å². The quantitative estimate of drug-likeness (QED) is 0.439. The van der Waals surface area contributed by atoms with Gasteiger partial charge in [-0.2, -0.15) is 0 Å². The van der Waals surface area contributed by atoms with Crippen molar-refractivity contribution in [2.75, 3.05) is 13.1 Å². The highest BCUT2D eigenvalue weighted by molar-refractivity contribution is 5.86. The minimum absolute atomic E-state index is 0.0546. The van der Waals surface area contributed by atoms with Crippen molar-refractivity contribution in [3.8, 4) is 0 Å². The van der Waals surface area contributed by atoms with Gasteiger partial charge in [-0.25, -0.2) is 0 Å². The summed E-state index contributed by atoms with van der Waals surface area (Å²) in [6, 6.07) is 0. The summed E-state index contributed by atoms with van der Waals surface area (Å²) in [6.07, 6.45) is 6.23. The number of hydrogen-bond acceptors (Lipinski definition) is 1. The highest BCUT2D eigenvalue weighted by atomic mass is 16.2. The molecule has 1 amide bonds. The molecule has 0 aliphatic rings. The number of amides is 1. The first kappa shape index (κ1) is 12.2. The van der Waals surface area contributed by atoms with E-state index >= 15 is 0 Å². The van der Waals surface area contributed by atoms with E-state index in [1.54, 1.807) is 0 Å². The van der Waals surface area contributed by atoms with Crippen molar-refractivity contribution in [1.82, 2.24) is 4.90 Å². The van der Waals surface area contributed by atoms with Crippen LogP contribution in [0.3, 0.4) is 0 Å². The molecule has 0 aromatic rings. The van der Waals surface area contributed by atoms with E-state index in [9.17, 15) is 4.79 Å². The molecule has 0 fully saturated rings. The van der Waals surface area contributed by atoms with Gasteiger partial charge in [0, 0.05) is 13.1 Å². The Morgan fingerprint density at radius 2 is 2.00 bits per heavy atom. The third kappa shape index (κ3) is 5.45. The van der Waals surface area contributed by atoms with Gasteiger partial charge in [-0.3, -0.25) is 4.79 Å². The Bertz CT molecular complexity index is 154. The third-order valence-electron chi connectivity index (χ3n) is 2.15. The van der Waals surface area contributed by atoms with E-state index in [-0.39, 0.29) is 5.91 Å². The molecule has 0 radical (unpaired) electrons. The molecule has 0 aromatic heterocycles. The average Bonchev–Trinajstić information content (AvgIpc) is 2.17. The second-order valence-corrected chi connectivity index (χ2v) is 3.18. The standard InChI is InChI=1S/C11H21NO/c1-4-7-8-9-10-12(6-3)11(13)5-2/h5H,2,4,6-10H2,1,3H3. The predicted octanol–water partition coefficient (Wildman–Crippen LogP) is 2.60. The lowest BCUT2D eigenvalue weighted by Gasteiger charge is -2.18. The van der Waals surface area contributed by atoms with E-state index in [0.717, 1.165) is 19.5 Å². The maximum absolute atomic E-state index is 11.2. The number of carbonyl (C=O) groups is 1. The Morgan fingerprint density at radius 1 is 1.31 bits per heavy atom. The third-order valence-corrected chi connectivity index (χ3v) is 2.15. The van der Waals surface area contributed by atoms with Crippen LogP contribution in [0.15, 0.2) is 12.7 Å². The molecule has 0 heterocycles. The summed E-state index contributed by atoms with van der Waals surface area (Å²) in [6.45, 7) is 9.34. The monoisotopic (exact) mass is 183 g/mol. The highest BCUT2D eigenvalue weighted by Crippen LogP contribution is 2.01. The minimum Gasteiger partial charge on any atom is -0.339 e. The van der Waals surface area contributed by atoms with Gasteiger partial charge in [-0.1, -0.05) is 32.8 Å². The molecule has 0 N–H and O–H groups in total. The highest BCUT2D eigenvalue weighted by Gasteiger charge is 2.05. The molecule has 0 aliphatic carbocycles. The van der Waals surface area contributed by atoms with Crippen LogP contribution in [0.2, 0.25) is 0 Å². The zero-order valence-corrected chi connectivity index (χ0v) is 8.88. The van der Waals surface area contributed by atoms with Gasteiger partial charge in [0.15, 0.2) is 0 Å². The van der Waals surface area contributed by atoms with Crippen LogP contribution in [0.5, 0.6) is 0 Å². The van der Waals surface area contributed by atoms with Gasteiger partial charge in [0.2, 0.25) is 5.91 Å². The summed E-state index contributed by atoms with van der Waals surface area (Å²) in [7, 11) is 0. The zero-order chi connectivity index (χ0) is 10.1. The van der Waals surface area contributed by atoms with Crippen molar-refractivity contribution in [2.24, 2.45) is 0 Å². The molecule has 0 saturated heterocycles. The maximum atomic E-state index is 11.2. The summed E-state index contributed by atoms with van der Waals surface area (Å²) in [5.41, 5.74) is 0. The predicted molar refractivity (Wildman–Crippen MR) is 56.6 cm³/mol. The summed E-state index contributed by atoms with van der Waals surface area (Å²) in [4.78, 5) is 13.1. The first-order valence-electron chi connectivity index (χ1n) is 5.17. The Kier molecular flexibility index (Phi) is 7.36. The largest absolute Gasteiger partial charge is 0.339 e. The van der Waals surface area contributed by atoms with Crippen LogP contribution in [0.1, 0.15) is 39.5 Å². The first-order valence-corrected chi connectivity index (χ1v) is 5.17. The van der Waals surface area contributed by atoms with Gasteiger partial charge in [-0.15, -0.1) is 0 Å². The second-order valence-electron chi connectivity index (χ2n) is 3.18. The van der Waals surface area contributed by atoms with Gasteiger partial charge in [-0.05, 0) is 19.4 Å². The van der Waals surface area contributed by atoms with Crippen LogP contribution in [0.25, 0.3) is 0 Å². The molecule has 0 atom stereocenters. The summed E-state index contributed by atoms with van der Waals surface area (Å²) >= 11 is 0. The van der Waals surface area contributed by atoms with E-state index in [0.29, 0.717) is 0 Å². The van der Waals surface area contributed by atoms with Crippen LogP contribution in [-0.4, -0.2) is 23.9 Å². The summed E-state index contributed by atoms with van der Waals surface area (Å²) in [5, 5.41) is 0. The smallest absolute Gasteiger partial charge is 0.245 e. The topological polar surface area (TPSA) is 20.3 Å². The lowest BCUT2D eigenvalue weighted by molar-refractivity contribution is -0.125. The molecule has 76 valence electrons. The summed E-state index contributed by atoms with van der Waals surface area (Å²) in [5.74, 6) is 0.0546. The van der Waals surface area contributed by atoms with Crippen molar-refractivity contribution in [1.29, 1.82) is 0 Å². The van der Waals surface area contributed by atoms with Gasteiger partial charge >= 0.3 is 0 Å². The summed E-state index contributed by atoms with van der Waals surface area (Å²) < 4.78 is 0. The van der Waals surface area contributed by atoms with Gasteiger partial charge < -0.3 is 4.90 Å². The fourth-order valence-electron chi connectivity index (χ4n) is 1.28. The van der Waals surface area contributed by atoms with E-state index in [1.807, 2.05) is 11.8 Å². The van der Waals surface area contributed by atoms with Gasteiger partial charge in [0.25, 0.3) is 0 Å². The van der Waals surface area contributed by atoms with Crippen LogP contribution < -0.4 is 0 Å². The van der Waals surface area contributed by atoms with E-state index in [1.165, 1.54) is 25.3 Å². The maximum Gasteiger partial charge on any atom is 0.245 e. The molecule has 2 heteroatoms. The lowest BCUT2D eigenvalue weighted by Crippen LogP contribution is -2.29. The van der Waals surface area contributed by atoms with Crippen molar-refractivity contribution < 1.29 is 4.79 Å². The number of hydrogen-bond donors (Lipinski definition) is 0. The Morgan fingerprint density at radius 3 is 2.46 bits per heavy atom. The molecule has 0 bridgehead atoms. The first-order chi connectivity index (χ1) is 6.26. The molecule has 0 unspecified atom stereocenters. The molecule has 0 aliphatic heterocycles. The fourth-order valence-corrected chi connectivity index (χ4v) is 1.28. The Hall–Kier alpha value is -0.790. The van der Waals surface area contributed by atoms with E-state index in [4.69, 9.17) is 0 Å². The molecular weight excluding hydrogens is 162 g/mol. The number of rotatable bonds is 7. The minimum atomic E-state index is 0.0546. The fraction of sp³-hybridized carbons (Fsp3) is 0.727. The van der Waals surface area contributed by atoms with Crippen LogP contribution in [-0.2, 0) is 4.79 Å². The van der Waals surface area contributed by atoms with Crippen molar-refractivity contribution >= 4 is 5.91 Å². The number of likely N-dealkylation sites (N-methyl/N-ethyl adjacent to an activating group) is 1. The molecule has 13 heavy (non-hydrogen) atoms. The Labute approximate surface area is 81.6 Å². The normalized spacial score (nSPS) is 9.69. The van der Waals surface area contributed by atoms with Crippen molar-refractivity contribution in [3.05, 3.63) is 12.7 Å². The molecule has 0 aromatic carbocycles. The van der Waals surface area contributed by atoms with Crippen LogP contribution in [0, 0.1) is 0 Å². The number of carbonyl (C=O) groups excluding carboxylic acids is 1. The molecule has 2 nitrogen and oxygen atoms in total. The Balaban J connectivity index is 3.59. The van der Waals surface area contributed by atoms with Crippen molar-refractivity contribution in [3.63, 3.8) is 0 Å². The van der Waals surface area contributed by atoms with Gasteiger partial charge in [0.1, 0.15) is 0 Å². The second kappa shape index (κ2) is 7.84. The zero-order valence-electron chi connectivity index (χ0n) is 8.88. The SMILES string of the molecule is C=CC(=O)N(CC)CCCCCC. The molecule has 0 rings (SSSR count). The van der Waals surface area contributed by atoms with Gasteiger partial charge in [0.05, 0.1) is 0 Å². The van der Waals surface area contributed by atoms with E-state index < -0.39 is 0 Å². The number of nitrogens with zero attached hydrogens (tertiary/aromatic N) is 1. The number of unbranched alkanes of at least 4 members (excludes halogenated alkanes) is 3. The molecule has 0 spiro atoms. The van der Waals surface area contributed by atoms with E-state index in [2.05, 4.69) is 13.5 Å².